The van der Waals surface area contributed by atoms with Crippen LogP contribution in [0.3, 0.4) is 0 Å². The summed E-state index contributed by atoms with van der Waals surface area (Å²) in [7, 11) is 0. The molecule has 0 spiro atoms. The number of hydrogen-bond donors (Lipinski definition) is 0. The highest BCUT2D eigenvalue weighted by Crippen LogP contribution is 2.39. The number of Topliss-reactive ketones (excluding diaryl/α,β-unsaturated/α-hetero) is 1. The fraction of sp³-hybridized carbons (Fsp3) is 0.524. The van der Waals surface area contributed by atoms with Crippen LogP contribution in [0.5, 0.6) is 5.06 Å². The summed E-state index contributed by atoms with van der Waals surface area (Å²) in [5.74, 6) is -0.515. The summed E-state index contributed by atoms with van der Waals surface area (Å²) in [4.78, 5) is 27.5. The Balaban J connectivity index is 1.95. The SMILES string of the molecule is CC=C(F)/C(CCC)=C(/C(=O)C1CC1)N1CCc2sc(OC(C)=O)cc2C1. The van der Waals surface area contributed by atoms with Crippen molar-refractivity contribution in [2.75, 3.05) is 6.54 Å². The van der Waals surface area contributed by atoms with Crippen molar-refractivity contribution in [3.63, 3.8) is 0 Å². The first-order chi connectivity index (χ1) is 12.9. The van der Waals surface area contributed by atoms with E-state index in [9.17, 15) is 14.0 Å². The van der Waals surface area contributed by atoms with Gasteiger partial charge in [0.1, 0.15) is 5.83 Å². The lowest BCUT2D eigenvalue weighted by atomic mass is 9.98. The molecule has 6 heteroatoms. The van der Waals surface area contributed by atoms with E-state index in [0.717, 1.165) is 31.2 Å². The zero-order chi connectivity index (χ0) is 19.6. The van der Waals surface area contributed by atoms with Crippen molar-refractivity contribution in [3.8, 4) is 5.06 Å². The van der Waals surface area contributed by atoms with Crippen LogP contribution in [0.4, 0.5) is 4.39 Å². The molecule has 0 bridgehead atoms. The van der Waals surface area contributed by atoms with Gasteiger partial charge in [0, 0.05) is 36.4 Å². The lowest BCUT2D eigenvalue weighted by molar-refractivity contribution is -0.131. The first-order valence-corrected chi connectivity index (χ1v) is 10.4. The van der Waals surface area contributed by atoms with Crippen LogP contribution in [0.2, 0.25) is 0 Å². The Morgan fingerprint density at radius 1 is 1.41 bits per heavy atom. The number of thiophene rings is 1. The second-order valence-corrected chi connectivity index (χ2v) is 8.23. The van der Waals surface area contributed by atoms with Crippen LogP contribution in [0.25, 0.3) is 0 Å². The molecule has 0 aromatic carbocycles. The Hall–Kier alpha value is -1.95. The summed E-state index contributed by atoms with van der Waals surface area (Å²) in [6.07, 6.45) is 5.34. The third-order valence-corrected chi connectivity index (χ3v) is 6.03. The summed E-state index contributed by atoms with van der Waals surface area (Å²) in [5.41, 5.74) is 2.15. The standard InChI is InChI=1S/C21H26FNO3S/c1-4-6-16(17(22)5-2)20(21(25)14-7-8-14)23-10-9-18-15(12-23)11-19(27-18)26-13(3)24/h5,11,14H,4,6-10,12H2,1-3H3/b17-5?,20-16-. The van der Waals surface area contributed by atoms with Crippen molar-refractivity contribution in [3.05, 3.63) is 39.7 Å². The van der Waals surface area contributed by atoms with Crippen LogP contribution < -0.4 is 4.74 Å². The predicted molar refractivity (Wildman–Crippen MR) is 104 cm³/mol. The Bertz CT molecular complexity index is 804. The Labute approximate surface area is 163 Å². The van der Waals surface area contributed by atoms with Gasteiger partial charge in [-0.2, -0.15) is 0 Å². The second-order valence-electron chi connectivity index (χ2n) is 7.13. The second kappa shape index (κ2) is 8.38. The number of allylic oxidation sites excluding steroid dienone is 4. The van der Waals surface area contributed by atoms with Crippen molar-refractivity contribution < 1.29 is 18.7 Å². The number of nitrogens with zero attached hydrogens (tertiary/aromatic N) is 1. The quantitative estimate of drug-likeness (QED) is 0.375. The fourth-order valence-corrected chi connectivity index (χ4v) is 4.55. The maximum atomic E-state index is 14.6. The van der Waals surface area contributed by atoms with Crippen LogP contribution in [0.1, 0.15) is 56.9 Å². The molecule has 0 N–H and O–H groups in total. The summed E-state index contributed by atoms with van der Waals surface area (Å²) in [6.45, 7) is 6.27. The average Bonchev–Trinajstić information content (AvgIpc) is 3.40. The molecule has 1 aliphatic heterocycles. The zero-order valence-electron chi connectivity index (χ0n) is 16.1. The number of ketones is 1. The molecule has 1 aromatic heterocycles. The van der Waals surface area contributed by atoms with Gasteiger partial charge in [0.05, 0.1) is 5.70 Å². The van der Waals surface area contributed by atoms with Gasteiger partial charge in [0.2, 0.25) is 0 Å². The smallest absolute Gasteiger partial charge is 0.308 e. The van der Waals surface area contributed by atoms with Crippen LogP contribution in [0.15, 0.2) is 29.2 Å². The Morgan fingerprint density at radius 2 is 2.15 bits per heavy atom. The van der Waals surface area contributed by atoms with Gasteiger partial charge in [0.25, 0.3) is 0 Å². The maximum Gasteiger partial charge on any atom is 0.308 e. The first-order valence-electron chi connectivity index (χ1n) is 9.59. The molecule has 146 valence electrons. The number of carbonyl (C=O) groups excluding carboxylic acids is 2. The molecule has 1 aromatic rings. The van der Waals surface area contributed by atoms with Gasteiger partial charge in [-0.05, 0) is 44.2 Å². The molecule has 27 heavy (non-hydrogen) atoms. The predicted octanol–water partition coefficient (Wildman–Crippen LogP) is 4.94. The maximum absolute atomic E-state index is 14.6. The van der Waals surface area contributed by atoms with Crippen molar-refractivity contribution in [2.45, 2.75) is 59.4 Å². The summed E-state index contributed by atoms with van der Waals surface area (Å²) in [5, 5.41) is 0.585. The lowest BCUT2D eigenvalue weighted by Gasteiger charge is -2.32. The fourth-order valence-electron chi connectivity index (χ4n) is 3.50. The summed E-state index contributed by atoms with van der Waals surface area (Å²) >= 11 is 1.48. The topological polar surface area (TPSA) is 46.6 Å². The van der Waals surface area contributed by atoms with Gasteiger partial charge >= 0.3 is 5.97 Å². The molecule has 4 nitrogen and oxygen atoms in total. The highest BCUT2D eigenvalue weighted by Gasteiger charge is 2.37. The molecular formula is C21H26FNO3S. The van der Waals surface area contributed by atoms with Crippen molar-refractivity contribution >= 4 is 23.1 Å². The molecular weight excluding hydrogens is 365 g/mol. The number of ether oxygens (including phenoxy) is 1. The normalized spacial score (nSPS) is 18.1. The molecule has 0 unspecified atom stereocenters. The molecule has 1 saturated carbocycles. The van der Waals surface area contributed by atoms with Crippen molar-refractivity contribution in [1.82, 2.24) is 4.90 Å². The lowest BCUT2D eigenvalue weighted by Crippen LogP contribution is -2.34. The van der Waals surface area contributed by atoms with Crippen molar-refractivity contribution in [2.24, 2.45) is 5.92 Å². The van der Waals surface area contributed by atoms with E-state index in [2.05, 4.69) is 0 Å². The minimum Gasteiger partial charge on any atom is -0.416 e. The molecule has 0 atom stereocenters. The van der Waals surface area contributed by atoms with Gasteiger partial charge in [-0.3, -0.25) is 9.59 Å². The molecule has 0 radical (unpaired) electrons. The van der Waals surface area contributed by atoms with Gasteiger partial charge in [-0.1, -0.05) is 19.4 Å². The number of carbonyl (C=O) groups is 2. The minimum absolute atomic E-state index is 0.0389. The third-order valence-electron chi connectivity index (χ3n) is 4.91. The van der Waals surface area contributed by atoms with E-state index in [1.165, 1.54) is 29.2 Å². The third kappa shape index (κ3) is 4.49. The highest BCUT2D eigenvalue weighted by molar-refractivity contribution is 7.14. The summed E-state index contributed by atoms with van der Waals surface area (Å²) in [6, 6.07) is 1.87. The van der Waals surface area contributed by atoms with Gasteiger partial charge in [-0.25, -0.2) is 4.39 Å². The van der Waals surface area contributed by atoms with E-state index in [1.807, 2.05) is 17.9 Å². The van der Waals surface area contributed by atoms with Crippen LogP contribution >= 0.6 is 11.3 Å². The van der Waals surface area contributed by atoms with Crippen molar-refractivity contribution in [1.29, 1.82) is 0 Å². The van der Waals surface area contributed by atoms with E-state index in [-0.39, 0.29) is 23.5 Å². The number of halogens is 1. The van der Waals surface area contributed by atoms with E-state index < -0.39 is 0 Å². The van der Waals surface area contributed by atoms with Crippen LogP contribution in [-0.4, -0.2) is 23.2 Å². The zero-order valence-corrected chi connectivity index (χ0v) is 17.0. The van der Waals surface area contributed by atoms with E-state index in [0.29, 0.717) is 35.8 Å². The van der Waals surface area contributed by atoms with Gasteiger partial charge < -0.3 is 9.64 Å². The van der Waals surface area contributed by atoms with Gasteiger partial charge in [-0.15, -0.1) is 11.3 Å². The number of rotatable bonds is 7. The average molecular weight is 392 g/mol. The first kappa shape index (κ1) is 19.8. The number of fused-ring (bicyclic) bond motifs is 1. The largest absolute Gasteiger partial charge is 0.416 e. The molecule has 0 amide bonds. The summed E-state index contributed by atoms with van der Waals surface area (Å²) < 4.78 is 19.9. The van der Waals surface area contributed by atoms with E-state index in [4.69, 9.17) is 4.74 Å². The van der Waals surface area contributed by atoms with E-state index >= 15 is 0 Å². The highest BCUT2D eigenvalue weighted by atomic mass is 32.1. The Morgan fingerprint density at radius 3 is 2.74 bits per heavy atom. The van der Waals surface area contributed by atoms with E-state index in [1.54, 1.807) is 6.92 Å². The molecule has 1 aliphatic carbocycles. The number of hydrogen-bond acceptors (Lipinski definition) is 5. The monoisotopic (exact) mass is 391 g/mol. The molecule has 2 heterocycles. The van der Waals surface area contributed by atoms with Crippen LogP contribution in [-0.2, 0) is 22.6 Å². The molecule has 0 saturated heterocycles. The molecule has 1 fully saturated rings. The Kier molecular flexibility index (Phi) is 6.15. The van der Waals surface area contributed by atoms with Crippen LogP contribution in [0, 0.1) is 5.92 Å². The van der Waals surface area contributed by atoms with Gasteiger partial charge in [0.15, 0.2) is 10.8 Å². The molecule has 3 rings (SSSR count). The minimum atomic E-state index is -0.338. The number of esters is 1. The molecule has 2 aliphatic rings.